The van der Waals surface area contributed by atoms with Crippen molar-refractivity contribution in [1.29, 1.82) is 0 Å². The number of aromatic nitrogens is 1. The second kappa shape index (κ2) is 10.4. The average molecular weight is 490 g/mol. The summed E-state index contributed by atoms with van der Waals surface area (Å²) in [5.41, 5.74) is 3.69. The molecule has 0 aliphatic carbocycles. The Morgan fingerprint density at radius 1 is 1.09 bits per heavy atom. The molecule has 2 aromatic carbocycles. The smallest absolute Gasteiger partial charge is 0.335 e. The number of ether oxygens (including phenoxy) is 2. The monoisotopic (exact) mass is 489 g/mol. The zero-order valence-corrected chi connectivity index (χ0v) is 20.2. The number of carbonyl (C=O) groups is 2. The first-order valence-corrected chi connectivity index (χ1v) is 11.6. The summed E-state index contributed by atoms with van der Waals surface area (Å²) in [7, 11) is 1.60. The van der Waals surface area contributed by atoms with E-state index in [4.69, 9.17) is 19.1 Å². The van der Waals surface area contributed by atoms with E-state index in [0.717, 1.165) is 21.7 Å². The minimum absolute atomic E-state index is 0.122. The van der Waals surface area contributed by atoms with E-state index in [1.165, 1.54) is 30.3 Å². The van der Waals surface area contributed by atoms with Crippen molar-refractivity contribution in [3.05, 3.63) is 93.7 Å². The molecule has 4 rings (SSSR count). The average Bonchev–Trinajstić information content (AvgIpc) is 3.51. The number of benzene rings is 2. The largest absolute Gasteiger partial charge is 0.496 e. The van der Waals surface area contributed by atoms with Crippen LogP contribution in [0.2, 0.25) is 0 Å². The number of nitrogens with zero attached hydrogens (tertiary/aromatic N) is 1. The quantitative estimate of drug-likeness (QED) is 0.221. The SMILES string of the molecule is COc1cc(OCc2c(C)noc2C)c(C=CC(=O)c2ccc(C(=O)O)cc2)cc1-c1cccs1. The van der Waals surface area contributed by atoms with E-state index in [0.29, 0.717) is 28.4 Å². The van der Waals surface area contributed by atoms with Gasteiger partial charge in [0, 0.05) is 27.6 Å². The number of ketones is 1. The third-order valence-electron chi connectivity index (χ3n) is 5.50. The molecule has 1 N–H and O–H groups in total. The molecule has 0 radical (unpaired) electrons. The maximum Gasteiger partial charge on any atom is 0.335 e. The molecule has 0 fully saturated rings. The highest BCUT2D eigenvalue weighted by molar-refractivity contribution is 7.13. The predicted molar refractivity (Wildman–Crippen MR) is 133 cm³/mol. The van der Waals surface area contributed by atoms with E-state index in [9.17, 15) is 9.59 Å². The van der Waals surface area contributed by atoms with Crippen LogP contribution in [0.3, 0.4) is 0 Å². The van der Waals surface area contributed by atoms with Gasteiger partial charge in [0.1, 0.15) is 23.9 Å². The third-order valence-corrected chi connectivity index (χ3v) is 6.41. The summed E-state index contributed by atoms with van der Waals surface area (Å²) in [5, 5.41) is 15.0. The van der Waals surface area contributed by atoms with Crippen LogP contribution in [-0.2, 0) is 6.61 Å². The van der Waals surface area contributed by atoms with Gasteiger partial charge < -0.3 is 19.1 Å². The minimum atomic E-state index is -1.04. The fraction of sp³-hybridized carbons (Fsp3) is 0.148. The second-order valence-electron chi connectivity index (χ2n) is 7.74. The van der Waals surface area contributed by atoms with Gasteiger partial charge in [0.25, 0.3) is 0 Å². The molecule has 7 nitrogen and oxygen atoms in total. The Hall–Kier alpha value is -4.17. The lowest BCUT2D eigenvalue weighted by Crippen LogP contribution is -2.01. The molecule has 0 bridgehead atoms. The van der Waals surface area contributed by atoms with Gasteiger partial charge in [-0.2, -0.15) is 0 Å². The summed E-state index contributed by atoms with van der Waals surface area (Å²) < 4.78 is 17.0. The van der Waals surface area contributed by atoms with Gasteiger partial charge >= 0.3 is 5.97 Å². The lowest BCUT2D eigenvalue weighted by atomic mass is 10.0. The summed E-state index contributed by atoms with van der Waals surface area (Å²) in [6, 6.07) is 13.5. The lowest BCUT2D eigenvalue weighted by Gasteiger charge is -2.14. The Labute approximate surface area is 206 Å². The van der Waals surface area contributed by atoms with Gasteiger partial charge in [-0.3, -0.25) is 4.79 Å². The van der Waals surface area contributed by atoms with Gasteiger partial charge in [-0.1, -0.05) is 23.4 Å². The first kappa shape index (κ1) is 24.0. The van der Waals surface area contributed by atoms with Gasteiger partial charge in [0.05, 0.1) is 23.9 Å². The van der Waals surface area contributed by atoms with Crippen molar-refractivity contribution in [2.75, 3.05) is 7.11 Å². The standard InChI is InChI=1S/C27H23NO6S/c1-16-22(17(2)34-28-16)15-33-24-14-25(32-3)21(26-5-4-12-35-26)13-20(24)10-11-23(29)18-6-8-19(9-7-18)27(30)31/h4-14H,15H2,1-3H3,(H,30,31). The first-order chi connectivity index (χ1) is 16.9. The summed E-state index contributed by atoms with van der Waals surface area (Å²) in [6.07, 6.45) is 3.13. The highest BCUT2D eigenvalue weighted by Crippen LogP contribution is 2.39. The Morgan fingerprint density at radius 3 is 2.43 bits per heavy atom. The molecule has 0 saturated heterocycles. The Morgan fingerprint density at radius 2 is 1.83 bits per heavy atom. The molecule has 0 atom stereocenters. The van der Waals surface area contributed by atoms with Crippen molar-refractivity contribution < 1.29 is 28.7 Å². The van der Waals surface area contributed by atoms with Gasteiger partial charge in [-0.25, -0.2) is 4.79 Å². The molecule has 8 heteroatoms. The van der Waals surface area contributed by atoms with Crippen molar-refractivity contribution >= 4 is 29.2 Å². The summed E-state index contributed by atoms with van der Waals surface area (Å²) in [4.78, 5) is 24.8. The van der Waals surface area contributed by atoms with Crippen LogP contribution in [0.25, 0.3) is 16.5 Å². The van der Waals surface area contributed by atoms with Crippen molar-refractivity contribution in [1.82, 2.24) is 5.16 Å². The van der Waals surface area contributed by atoms with Crippen LogP contribution in [0.5, 0.6) is 11.5 Å². The molecular weight excluding hydrogens is 466 g/mol. The Bertz CT molecular complexity index is 1360. The van der Waals surface area contributed by atoms with Crippen molar-refractivity contribution in [2.24, 2.45) is 0 Å². The van der Waals surface area contributed by atoms with Gasteiger partial charge in [-0.15, -0.1) is 11.3 Å². The van der Waals surface area contributed by atoms with E-state index in [1.807, 2.05) is 37.4 Å². The van der Waals surface area contributed by atoms with Crippen LogP contribution in [0.1, 0.15) is 43.3 Å². The zero-order valence-electron chi connectivity index (χ0n) is 19.4. The molecule has 2 heterocycles. The molecule has 2 aromatic heterocycles. The van der Waals surface area contributed by atoms with Crippen molar-refractivity contribution in [3.8, 4) is 21.9 Å². The number of hydrogen-bond acceptors (Lipinski definition) is 7. The van der Waals surface area contributed by atoms with Crippen LogP contribution in [0.4, 0.5) is 0 Å². The van der Waals surface area contributed by atoms with E-state index >= 15 is 0 Å². The second-order valence-corrected chi connectivity index (χ2v) is 8.69. The summed E-state index contributed by atoms with van der Waals surface area (Å²) in [6.45, 7) is 3.92. The van der Waals surface area contributed by atoms with E-state index in [2.05, 4.69) is 5.16 Å². The number of hydrogen-bond donors (Lipinski definition) is 1. The van der Waals surface area contributed by atoms with E-state index in [1.54, 1.807) is 30.6 Å². The number of allylic oxidation sites excluding steroid dienone is 1. The predicted octanol–water partition coefficient (Wildman–Crippen LogP) is 6.20. The number of carboxylic acids is 1. The number of thiophene rings is 1. The highest BCUT2D eigenvalue weighted by atomic mass is 32.1. The van der Waals surface area contributed by atoms with Crippen molar-refractivity contribution in [3.63, 3.8) is 0 Å². The number of methoxy groups -OCH3 is 1. The van der Waals surface area contributed by atoms with Crippen LogP contribution >= 0.6 is 11.3 Å². The van der Waals surface area contributed by atoms with E-state index < -0.39 is 5.97 Å². The van der Waals surface area contributed by atoms with Crippen LogP contribution in [0.15, 0.2) is 64.5 Å². The number of aromatic carboxylic acids is 1. The maximum absolute atomic E-state index is 12.8. The molecule has 0 amide bonds. The number of rotatable bonds is 9. The molecule has 178 valence electrons. The molecular formula is C27H23NO6S. The normalized spacial score (nSPS) is 11.1. The van der Waals surface area contributed by atoms with Gasteiger partial charge in [0.15, 0.2) is 5.78 Å². The van der Waals surface area contributed by atoms with Gasteiger partial charge in [0.2, 0.25) is 0 Å². The molecule has 0 aliphatic heterocycles. The van der Waals surface area contributed by atoms with Crippen molar-refractivity contribution in [2.45, 2.75) is 20.5 Å². The Balaban J connectivity index is 1.68. The number of aryl methyl sites for hydroxylation is 2. The highest BCUT2D eigenvalue weighted by Gasteiger charge is 2.16. The molecule has 0 unspecified atom stereocenters. The molecule has 0 saturated carbocycles. The fourth-order valence-corrected chi connectivity index (χ4v) is 4.27. The first-order valence-electron chi connectivity index (χ1n) is 10.7. The van der Waals surface area contributed by atoms with Crippen LogP contribution in [-0.4, -0.2) is 29.1 Å². The molecule has 0 aliphatic rings. The lowest BCUT2D eigenvalue weighted by molar-refractivity contribution is 0.0696. The summed E-state index contributed by atoms with van der Waals surface area (Å²) in [5.74, 6) is 0.564. The zero-order chi connectivity index (χ0) is 24.9. The summed E-state index contributed by atoms with van der Waals surface area (Å²) >= 11 is 1.58. The number of carbonyl (C=O) groups excluding carboxylic acids is 1. The van der Waals surface area contributed by atoms with Gasteiger partial charge in [-0.05, 0) is 55.6 Å². The van der Waals surface area contributed by atoms with E-state index in [-0.39, 0.29) is 18.0 Å². The van der Waals surface area contributed by atoms with Crippen LogP contribution in [0, 0.1) is 13.8 Å². The minimum Gasteiger partial charge on any atom is -0.496 e. The maximum atomic E-state index is 12.8. The molecule has 0 spiro atoms. The topological polar surface area (TPSA) is 98.9 Å². The fourth-order valence-electron chi connectivity index (χ4n) is 3.52. The van der Waals surface area contributed by atoms with Crippen LogP contribution < -0.4 is 9.47 Å². The molecule has 35 heavy (non-hydrogen) atoms. The number of carboxylic acid groups (broad SMARTS) is 1. The third kappa shape index (κ3) is 5.33. The molecule has 4 aromatic rings. The Kier molecular flexibility index (Phi) is 7.12.